The summed E-state index contributed by atoms with van der Waals surface area (Å²) in [5.74, 6) is 1.63. The van der Waals surface area contributed by atoms with Crippen molar-refractivity contribution in [1.82, 2.24) is 10.4 Å². The van der Waals surface area contributed by atoms with E-state index >= 15 is 0 Å². The normalized spacial score (nSPS) is 11.9. The summed E-state index contributed by atoms with van der Waals surface area (Å²) in [6, 6.07) is 3.78. The second-order valence-electron chi connectivity index (χ2n) is 2.32. The maximum absolute atomic E-state index is 4.23. The molecule has 0 saturated carbocycles. The molecule has 1 aromatic rings. The van der Waals surface area contributed by atoms with Crippen LogP contribution in [0.25, 0.3) is 0 Å². The predicted octanol–water partition coefficient (Wildman–Crippen LogP) is 1.91. The highest BCUT2D eigenvalue weighted by atomic mass is 35.5. The first-order valence-corrected chi connectivity index (χ1v) is 3.38. The zero-order chi connectivity index (χ0) is 7.68. The Morgan fingerprint density at radius 2 is 2.00 bits per heavy atom. The van der Waals surface area contributed by atoms with Crippen LogP contribution in [0.3, 0.4) is 0 Å². The predicted molar refractivity (Wildman–Crippen MR) is 58.3 cm³/mol. The molecule has 0 spiro atoms. The molecule has 0 aliphatic carbocycles. The monoisotopic (exact) mass is 220 g/mol. The lowest BCUT2D eigenvalue weighted by atomic mass is 10.4. The van der Waals surface area contributed by atoms with Crippen molar-refractivity contribution in [3.05, 3.63) is 18.3 Å². The van der Waals surface area contributed by atoms with E-state index in [2.05, 4.69) is 20.8 Å². The van der Waals surface area contributed by atoms with Gasteiger partial charge in [-0.1, -0.05) is 0 Å². The summed E-state index contributed by atoms with van der Waals surface area (Å²) in [6.45, 7) is 1.89. The Morgan fingerprint density at radius 1 is 1.23 bits per heavy atom. The molecule has 0 bridgehead atoms. The molecule has 6 heteroatoms. The van der Waals surface area contributed by atoms with Crippen LogP contribution in [0.2, 0.25) is 0 Å². The fraction of sp³-hybridized carbons (Fsp3) is 0.143. The molecule has 13 heavy (non-hydrogen) atoms. The lowest BCUT2D eigenvalue weighted by Crippen LogP contribution is -2.29. The van der Waals surface area contributed by atoms with Gasteiger partial charge in [0.1, 0.15) is 11.5 Å². The van der Waals surface area contributed by atoms with Crippen LogP contribution < -0.4 is 10.9 Å². The van der Waals surface area contributed by atoms with E-state index in [9.17, 15) is 0 Å². The van der Waals surface area contributed by atoms with Crippen LogP contribution in [-0.4, -0.2) is 10.8 Å². The molecule has 0 aromatic carbocycles. The van der Waals surface area contributed by atoms with Gasteiger partial charge in [0.05, 0.1) is 0 Å². The third kappa shape index (κ3) is 2.47. The number of aromatic nitrogens is 1. The Balaban J connectivity index is 0.000000720. The minimum Gasteiger partial charge on any atom is -0.287 e. The second kappa shape index (κ2) is 4.89. The molecule has 0 atom stereocenters. The molecule has 0 radical (unpaired) electrons. The van der Waals surface area contributed by atoms with Gasteiger partial charge in [0, 0.05) is 6.20 Å². The average molecular weight is 221 g/mol. The second-order valence-corrected chi connectivity index (χ2v) is 2.32. The Labute approximate surface area is 88.6 Å². The number of fused-ring (bicyclic) bond motifs is 1. The van der Waals surface area contributed by atoms with E-state index < -0.39 is 0 Å². The van der Waals surface area contributed by atoms with Crippen LogP contribution in [-0.2, 0) is 0 Å². The van der Waals surface area contributed by atoms with Crippen LogP contribution in [0.1, 0.15) is 6.92 Å². The molecule has 2 heterocycles. The fourth-order valence-electron chi connectivity index (χ4n) is 0.942. The topological polar surface area (TPSA) is 49.3 Å². The van der Waals surface area contributed by atoms with Crippen molar-refractivity contribution in [3.63, 3.8) is 0 Å². The van der Waals surface area contributed by atoms with Crippen molar-refractivity contribution in [3.8, 4) is 0 Å². The third-order valence-corrected chi connectivity index (χ3v) is 1.44. The summed E-state index contributed by atoms with van der Waals surface area (Å²) in [4.78, 5) is 8.30. The summed E-state index contributed by atoms with van der Waals surface area (Å²) in [5, 5.41) is 0. The smallest absolute Gasteiger partial charge is 0.170 e. The molecule has 0 unspecified atom stereocenters. The molecule has 1 aliphatic heterocycles. The maximum Gasteiger partial charge on any atom is 0.170 e. The molecule has 1 aromatic heterocycles. The van der Waals surface area contributed by atoms with E-state index in [1.165, 1.54) is 0 Å². The first kappa shape index (κ1) is 12.0. The Morgan fingerprint density at radius 3 is 2.77 bits per heavy atom. The lowest BCUT2D eigenvalue weighted by Gasteiger charge is -2.15. The van der Waals surface area contributed by atoms with E-state index in [-0.39, 0.29) is 24.8 Å². The zero-order valence-electron chi connectivity index (χ0n) is 6.94. The van der Waals surface area contributed by atoms with Gasteiger partial charge >= 0.3 is 0 Å². The highest BCUT2D eigenvalue weighted by molar-refractivity contribution is 5.88. The number of hydrazine groups is 1. The highest BCUT2D eigenvalue weighted by Crippen LogP contribution is 2.22. The molecule has 2 N–H and O–H groups in total. The molecule has 0 fully saturated rings. The van der Waals surface area contributed by atoms with Crippen LogP contribution in [0, 0.1) is 0 Å². The standard InChI is InChI=1S/C7H8N4.2ClH/c1-5-9-6-3-2-4-8-7(6)11-10-5;;/h2-4H,1H3,(H,8,11)(H,9,10);2*1H. The molecular weight excluding hydrogens is 211 g/mol. The number of hydrogen-bond acceptors (Lipinski definition) is 4. The molecule has 72 valence electrons. The fourth-order valence-corrected chi connectivity index (χ4v) is 0.942. The number of nitrogens with one attached hydrogen (secondary N) is 2. The van der Waals surface area contributed by atoms with E-state index in [4.69, 9.17) is 0 Å². The van der Waals surface area contributed by atoms with Crippen LogP contribution >= 0.6 is 24.8 Å². The molecule has 0 amide bonds. The Kier molecular flexibility index (Phi) is 4.51. The van der Waals surface area contributed by atoms with Gasteiger partial charge < -0.3 is 0 Å². The lowest BCUT2D eigenvalue weighted by molar-refractivity contribution is 1.04. The molecule has 0 saturated heterocycles. The summed E-state index contributed by atoms with van der Waals surface area (Å²) < 4.78 is 0. The minimum absolute atomic E-state index is 0. The van der Waals surface area contributed by atoms with E-state index in [1.54, 1.807) is 6.20 Å². The van der Waals surface area contributed by atoms with Crippen LogP contribution in [0.15, 0.2) is 23.3 Å². The molecule has 2 rings (SSSR count). The van der Waals surface area contributed by atoms with Crippen LogP contribution in [0.5, 0.6) is 0 Å². The molecular formula is C7H10Cl2N4. The van der Waals surface area contributed by atoms with Crippen molar-refractivity contribution >= 4 is 42.2 Å². The van der Waals surface area contributed by atoms with Crippen molar-refractivity contribution in [2.45, 2.75) is 6.92 Å². The van der Waals surface area contributed by atoms with E-state index in [1.807, 2.05) is 19.1 Å². The van der Waals surface area contributed by atoms with Gasteiger partial charge in [-0.25, -0.2) is 9.98 Å². The van der Waals surface area contributed by atoms with Crippen molar-refractivity contribution in [1.29, 1.82) is 0 Å². The number of rotatable bonds is 0. The van der Waals surface area contributed by atoms with Gasteiger partial charge in [0.15, 0.2) is 5.82 Å². The zero-order valence-corrected chi connectivity index (χ0v) is 8.58. The number of nitrogens with zero attached hydrogens (tertiary/aromatic N) is 2. The quantitative estimate of drug-likeness (QED) is 0.703. The largest absolute Gasteiger partial charge is 0.287 e. The van der Waals surface area contributed by atoms with Gasteiger partial charge in [0.2, 0.25) is 0 Å². The Hall–Kier alpha value is -1.00. The number of pyridine rings is 1. The van der Waals surface area contributed by atoms with Crippen molar-refractivity contribution < 1.29 is 0 Å². The summed E-state index contributed by atoms with van der Waals surface area (Å²) in [7, 11) is 0. The SMILES string of the molecule is CC1=Nc2cccnc2NN1.Cl.Cl. The van der Waals surface area contributed by atoms with E-state index in [0.29, 0.717) is 0 Å². The summed E-state index contributed by atoms with van der Waals surface area (Å²) in [6.07, 6.45) is 1.73. The molecule has 1 aliphatic rings. The van der Waals surface area contributed by atoms with Crippen molar-refractivity contribution in [2.24, 2.45) is 4.99 Å². The number of amidine groups is 1. The third-order valence-electron chi connectivity index (χ3n) is 1.44. The van der Waals surface area contributed by atoms with Gasteiger partial charge in [0.25, 0.3) is 0 Å². The first-order valence-electron chi connectivity index (χ1n) is 3.38. The summed E-state index contributed by atoms with van der Waals surface area (Å²) in [5.41, 5.74) is 6.67. The first-order chi connectivity index (χ1) is 5.36. The number of hydrogen-bond donors (Lipinski definition) is 2. The van der Waals surface area contributed by atoms with Gasteiger partial charge in [-0.2, -0.15) is 0 Å². The average Bonchev–Trinajstić information content (AvgIpc) is 2.04. The molecule has 4 nitrogen and oxygen atoms in total. The van der Waals surface area contributed by atoms with Crippen molar-refractivity contribution in [2.75, 3.05) is 5.43 Å². The summed E-state index contributed by atoms with van der Waals surface area (Å²) >= 11 is 0. The number of halogens is 2. The van der Waals surface area contributed by atoms with E-state index in [0.717, 1.165) is 17.3 Å². The van der Waals surface area contributed by atoms with Crippen LogP contribution in [0.4, 0.5) is 11.5 Å². The highest BCUT2D eigenvalue weighted by Gasteiger charge is 2.06. The van der Waals surface area contributed by atoms with Gasteiger partial charge in [-0.15, -0.1) is 24.8 Å². The number of aliphatic imine (C=N–C) groups is 1. The minimum atomic E-state index is 0. The van der Waals surface area contributed by atoms with Gasteiger partial charge in [-0.3, -0.25) is 10.9 Å². The maximum atomic E-state index is 4.23. The van der Waals surface area contributed by atoms with Gasteiger partial charge in [-0.05, 0) is 19.1 Å². The number of anilines is 1. The Bertz CT molecular complexity index is 313.